The third-order valence-electron chi connectivity index (χ3n) is 1.84. The first-order valence-electron chi connectivity index (χ1n) is 3.39. The van der Waals surface area contributed by atoms with Gasteiger partial charge in [-0.1, -0.05) is 19.3 Å². The van der Waals surface area contributed by atoms with E-state index in [1.807, 2.05) is 0 Å². The van der Waals surface area contributed by atoms with Gasteiger partial charge in [0.05, 0.1) is 0 Å². The summed E-state index contributed by atoms with van der Waals surface area (Å²) in [7, 11) is 0. The van der Waals surface area contributed by atoms with Crippen LogP contribution in [0.4, 0.5) is 0 Å². The van der Waals surface area contributed by atoms with Gasteiger partial charge in [0.15, 0.2) is 0 Å². The summed E-state index contributed by atoms with van der Waals surface area (Å²) in [5.41, 5.74) is 2.80. The molecule has 1 aliphatic carbocycles. The average molecular weight is 195 g/mol. The van der Waals surface area contributed by atoms with E-state index in [4.69, 9.17) is 5.84 Å². The second-order valence-electron chi connectivity index (χ2n) is 2.50. The fourth-order valence-corrected chi connectivity index (χ4v) is 1.27. The van der Waals surface area contributed by atoms with Crippen LogP contribution < -0.4 is 11.3 Å². The first kappa shape index (κ1) is 9.40. The number of rotatable bonds is 1. The molecule has 9 heavy (non-hydrogen) atoms. The van der Waals surface area contributed by atoms with Crippen LogP contribution in [0.3, 0.4) is 0 Å². The highest BCUT2D eigenvalue weighted by Gasteiger charge is 2.09. The van der Waals surface area contributed by atoms with Gasteiger partial charge in [-0.3, -0.25) is 11.3 Å². The summed E-state index contributed by atoms with van der Waals surface area (Å²) in [4.78, 5) is 0. The number of hydrogen-bond acceptors (Lipinski definition) is 2. The van der Waals surface area contributed by atoms with Crippen molar-refractivity contribution in [2.45, 2.75) is 38.1 Å². The van der Waals surface area contributed by atoms with Crippen LogP contribution in [-0.2, 0) is 0 Å². The summed E-state index contributed by atoms with van der Waals surface area (Å²) in [5.74, 6) is 5.25. The molecule has 0 unspecified atom stereocenters. The Morgan fingerprint density at radius 3 is 2.00 bits per heavy atom. The monoisotopic (exact) mass is 194 g/mol. The predicted molar refractivity (Wildman–Crippen MR) is 44.5 cm³/mol. The molecule has 0 saturated heterocycles. The van der Waals surface area contributed by atoms with Gasteiger partial charge in [0.1, 0.15) is 0 Å². The van der Waals surface area contributed by atoms with Crippen LogP contribution in [-0.4, -0.2) is 6.04 Å². The van der Waals surface area contributed by atoms with Gasteiger partial charge >= 0.3 is 0 Å². The van der Waals surface area contributed by atoms with Crippen molar-refractivity contribution in [3.8, 4) is 0 Å². The lowest BCUT2D eigenvalue weighted by Crippen LogP contribution is -2.36. The number of nitrogens with one attached hydrogen (secondary N) is 1. The summed E-state index contributed by atoms with van der Waals surface area (Å²) < 4.78 is 0. The van der Waals surface area contributed by atoms with E-state index >= 15 is 0 Å². The van der Waals surface area contributed by atoms with Gasteiger partial charge in [-0.05, 0) is 12.8 Å². The molecule has 0 radical (unpaired) electrons. The molecule has 0 heterocycles. The van der Waals surface area contributed by atoms with Crippen LogP contribution in [0.15, 0.2) is 0 Å². The van der Waals surface area contributed by atoms with Gasteiger partial charge in [-0.2, -0.15) is 0 Å². The Morgan fingerprint density at radius 2 is 1.67 bits per heavy atom. The summed E-state index contributed by atoms with van der Waals surface area (Å²) in [5, 5.41) is 0. The molecule has 3 heteroatoms. The van der Waals surface area contributed by atoms with E-state index in [0.717, 1.165) is 0 Å². The quantitative estimate of drug-likeness (QED) is 0.489. The van der Waals surface area contributed by atoms with Crippen molar-refractivity contribution in [3.63, 3.8) is 0 Å². The summed E-state index contributed by atoms with van der Waals surface area (Å²) in [6, 6.07) is 0.615. The van der Waals surface area contributed by atoms with E-state index in [0.29, 0.717) is 6.04 Å². The van der Waals surface area contributed by atoms with E-state index in [-0.39, 0.29) is 17.0 Å². The van der Waals surface area contributed by atoms with Crippen molar-refractivity contribution in [1.82, 2.24) is 5.43 Å². The number of hydrogen-bond donors (Lipinski definition) is 2. The Labute approximate surface area is 66.9 Å². The van der Waals surface area contributed by atoms with Crippen molar-refractivity contribution in [2.24, 2.45) is 5.84 Å². The summed E-state index contributed by atoms with van der Waals surface area (Å²) >= 11 is 0. The molecule has 3 N–H and O–H groups in total. The Morgan fingerprint density at radius 1 is 1.11 bits per heavy atom. The Balaban J connectivity index is 0.000000640. The molecule has 0 aromatic heterocycles. The third-order valence-corrected chi connectivity index (χ3v) is 1.84. The van der Waals surface area contributed by atoms with E-state index in [1.54, 1.807) is 0 Å². The standard InChI is InChI=1S/C6H14N2.BrH/c7-8-6-4-2-1-3-5-6;/h6,8H,1-5,7H2;1H. The van der Waals surface area contributed by atoms with Crippen LogP contribution in [0, 0.1) is 0 Å². The minimum atomic E-state index is 0. The first-order chi connectivity index (χ1) is 3.93. The molecular weight excluding hydrogens is 180 g/mol. The summed E-state index contributed by atoms with van der Waals surface area (Å²) in [6.07, 6.45) is 6.66. The highest BCUT2D eigenvalue weighted by molar-refractivity contribution is 8.93. The minimum absolute atomic E-state index is 0. The zero-order valence-electron chi connectivity index (χ0n) is 5.60. The van der Waals surface area contributed by atoms with Gasteiger partial charge in [-0.15, -0.1) is 17.0 Å². The van der Waals surface area contributed by atoms with E-state index in [2.05, 4.69) is 5.43 Å². The molecule has 1 saturated carbocycles. The fraction of sp³-hybridized carbons (Fsp3) is 1.00. The van der Waals surface area contributed by atoms with Crippen molar-refractivity contribution >= 4 is 17.0 Å². The van der Waals surface area contributed by atoms with Gasteiger partial charge in [0.2, 0.25) is 0 Å². The lowest BCUT2D eigenvalue weighted by atomic mass is 9.96. The highest BCUT2D eigenvalue weighted by atomic mass is 79.9. The Kier molecular flexibility index (Phi) is 5.44. The zero-order valence-corrected chi connectivity index (χ0v) is 7.31. The lowest BCUT2D eigenvalue weighted by molar-refractivity contribution is 0.379. The molecule has 56 valence electrons. The molecule has 0 spiro atoms. The molecule has 0 aromatic carbocycles. The maximum Gasteiger partial charge on any atom is 0.0210 e. The molecule has 0 aliphatic heterocycles. The van der Waals surface area contributed by atoms with Crippen molar-refractivity contribution < 1.29 is 0 Å². The lowest BCUT2D eigenvalue weighted by Gasteiger charge is -2.19. The van der Waals surface area contributed by atoms with Gasteiger partial charge < -0.3 is 0 Å². The van der Waals surface area contributed by atoms with Crippen LogP contribution in [0.2, 0.25) is 0 Å². The SMILES string of the molecule is Br.NNC1CCCCC1. The topological polar surface area (TPSA) is 38.0 Å². The van der Waals surface area contributed by atoms with E-state index in [1.165, 1.54) is 32.1 Å². The molecule has 0 amide bonds. The number of halogens is 1. The Hall–Kier alpha value is 0.400. The molecular formula is C6H15BrN2. The smallest absolute Gasteiger partial charge is 0.0210 e. The second kappa shape index (κ2) is 5.21. The zero-order chi connectivity index (χ0) is 5.82. The van der Waals surface area contributed by atoms with Crippen molar-refractivity contribution in [2.75, 3.05) is 0 Å². The molecule has 2 nitrogen and oxygen atoms in total. The average Bonchev–Trinajstić information content (AvgIpc) is 1.90. The Bertz CT molecular complexity index is 62.1. The number of hydrazine groups is 1. The van der Waals surface area contributed by atoms with E-state index < -0.39 is 0 Å². The van der Waals surface area contributed by atoms with Gasteiger partial charge in [0, 0.05) is 6.04 Å². The van der Waals surface area contributed by atoms with E-state index in [9.17, 15) is 0 Å². The van der Waals surface area contributed by atoms with Crippen LogP contribution in [0.25, 0.3) is 0 Å². The van der Waals surface area contributed by atoms with Crippen molar-refractivity contribution in [3.05, 3.63) is 0 Å². The van der Waals surface area contributed by atoms with Gasteiger partial charge in [-0.25, -0.2) is 0 Å². The molecule has 1 rings (SSSR count). The second-order valence-corrected chi connectivity index (χ2v) is 2.50. The van der Waals surface area contributed by atoms with Gasteiger partial charge in [0.25, 0.3) is 0 Å². The third kappa shape index (κ3) is 3.18. The summed E-state index contributed by atoms with van der Waals surface area (Å²) in [6.45, 7) is 0. The maximum absolute atomic E-state index is 5.25. The molecule has 0 bridgehead atoms. The maximum atomic E-state index is 5.25. The largest absolute Gasteiger partial charge is 0.271 e. The van der Waals surface area contributed by atoms with Crippen LogP contribution >= 0.6 is 17.0 Å². The first-order valence-corrected chi connectivity index (χ1v) is 3.39. The van der Waals surface area contributed by atoms with Crippen LogP contribution in [0.1, 0.15) is 32.1 Å². The van der Waals surface area contributed by atoms with Crippen LogP contribution in [0.5, 0.6) is 0 Å². The molecule has 0 aromatic rings. The predicted octanol–water partition coefficient (Wildman–Crippen LogP) is 1.36. The van der Waals surface area contributed by atoms with Crippen molar-refractivity contribution in [1.29, 1.82) is 0 Å². The number of nitrogens with two attached hydrogens (primary N) is 1. The minimum Gasteiger partial charge on any atom is -0.271 e. The highest BCUT2D eigenvalue weighted by Crippen LogP contribution is 2.16. The normalized spacial score (nSPS) is 21.0. The molecule has 1 fully saturated rings. The molecule has 1 aliphatic rings. The fourth-order valence-electron chi connectivity index (χ4n) is 1.27. The molecule has 0 atom stereocenters.